The molecule has 0 fully saturated rings. The van der Waals surface area contributed by atoms with E-state index in [4.69, 9.17) is 11.6 Å². The monoisotopic (exact) mass is 193 g/mol. The molecule has 0 spiro atoms. The van der Waals surface area contributed by atoms with E-state index in [9.17, 15) is 4.79 Å². The van der Waals surface area contributed by atoms with Crippen molar-refractivity contribution in [2.45, 2.75) is 6.92 Å². The average Bonchev–Trinajstić information content (AvgIpc) is 2.12. The van der Waals surface area contributed by atoms with Crippen molar-refractivity contribution < 1.29 is 4.79 Å². The third kappa shape index (κ3) is 1.38. The van der Waals surface area contributed by atoms with Gasteiger partial charge in [-0.15, -0.1) is 0 Å². The Morgan fingerprint density at radius 2 is 2.08 bits per heavy atom. The molecule has 0 saturated carbocycles. The maximum atomic E-state index is 11.0. The van der Waals surface area contributed by atoms with Crippen LogP contribution in [0.4, 0.5) is 0 Å². The molecular weight excluding hydrogens is 186 g/mol. The van der Waals surface area contributed by atoms with Gasteiger partial charge < -0.3 is 0 Å². The van der Waals surface area contributed by atoms with E-state index in [1.165, 1.54) is 6.08 Å². The SMILES string of the molecule is CC1=C(Cl)C=CC2C=CC(=O)N=C12. The third-order valence-electron chi connectivity index (χ3n) is 2.18. The van der Waals surface area contributed by atoms with Crippen LogP contribution in [0, 0.1) is 5.92 Å². The molecule has 0 aromatic rings. The summed E-state index contributed by atoms with van der Waals surface area (Å²) in [5.74, 6) is -0.0782. The zero-order valence-electron chi connectivity index (χ0n) is 7.12. The highest BCUT2D eigenvalue weighted by Gasteiger charge is 2.21. The standard InChI is InChI=1S/C10H8ClNO/c1-6-8(11)4-2-7-3-5-9(13)12-10(6)7/h2-5,7H,1H3. The van der Waals surface area contributed by atoms with E-state index in [-0.39, 0.29) is 11.8 Å². The lowest BCUT2D eigenvalue weighted by atomic mass is 9.90. The first-order chi connectivity index (χ1) is 6.18. The molecule has 2 nitrogen and oxygen atoms in total. The van der Waals surface area contributed by atoms with Crippen molar-refractivity contribution in [3.63, 3.8) is 0 Å². The summed E-state index contributed by atoms with van der Waals surface area (Å²) in [6.45, 7) is 1.88. The number of halogens is 1. The lowest BCUT2D eigenvalue weighted by Crippen LogP contribution is -2.20. The first-order valence-corrected chi connectivity index (χ1v) is 4.42. The molecule has 0 saturated heterocycles. The summed E-state index contributed by atoms with van der Waals surface area (Å²) in [6.07, 6.45) is 7.12. The number of carbonyl (C=O) groups is 1. The van der Waals surface area contributed by atoms with Crippen LogP contribution in [0.15, 0.2) is 39.9 Å². The molecule has 1 amide bonds. The second-order valence-electron chi connectivity index (χ2n) is 3.05. The Morgan fingerprint density at radius 3 is 2.85 bits per heavy atom. The van der Waals surface area contributed by atoms with Gasteiger partial charge in [0.2, 0.25) is 0 Å². The molecule has 1 aliphatic carbocycles. The lowest BCUT2D eigenvalue weighted by molar-refractivity contribution is -0.113. The number of hydrogen-bond acceptors (Lipinski definition) is 1. The molecule has 13 heavy (non-hydrogen) atoms. The van der Waals surface area contributed by atoms with Crippen LogP contribution in [0.2, 0.25) is 0 Å². The van der Waals surface area contributed by atoms with Crippen LogP contribution in [-0.2, 0) is 4.79 Å². The van der Waals surface area contributed by atoms with E-state index < -0.39 is 0 Å². The highest BCUT2D eigenvalue weighted by atomic mass is 35.5. The van der Waals surface area contributed by atoms with Crippen LogP contribution in [0.3, 0.4) is 0 Å². The number of allylic oxidation sites excluding steroid dienone is 5. The molecule has 2 rings (SSSR count). The molecule has 1 aliphatic heterocycles. The molecule has 0 aromatic carbocycles. The fraction of sp³-hybridized carbons (Fsp3) is 0.200. The molecule has 1 atom stereocenters. The molecule has 0 radical (unpaired) electrons. The van der Waals surface area contributed by atoms with E-state index in [0.29, 0.717) is 5.03 Å². The normalized spacial score (nSPS) is 26.2. The number of aliphatic imine (C=N–C) groups is 1. The summed E-state index contributed by atoms with van der Waals surface area (Å²) in [5, 5.41) is 0.665. The van der Waals surface area contributed by atoms with Gasteiger partial charge in [-0.3, -0.25) is 4.79 Å². The van der Waals surface area contributed by atoms with Gasteiger partial charge in [-0.2, -0.15) is 0 Å². The minimum atomic E-state index is -0.203. The Hall–Kier alpha value is -1.15. The third-order valence-corrected chi connectivity index (χ3v) is 2.59. The highest BCUT2D eigenvalue weighted by Crippen LogP contribution is 2.26. The Bertz CT molecular complexity index is 388. The minimum absolute atomic E-state index is 0.125. The zero-order valence-corrected chi connectivity index (χ0v) is 7.88. The second-order valence-corrected chi connectivity index (χ2v) is 3.46. The Morgan fingerprint density at radius 1 is 1.38 bits per heavy atom. The Kier molecular flexibility index (Phi) is 1.93. The fourth-order valence-corrected chi connectivity index (χ4v) is 1.60. The molecule has 1 heterocycles. The number of nitrogens with zero attached hydrogens (tertiary/aromatic N) is 1. The van der Waals surface area contributed by atoms with Gasteiger partial charge in [-0.05, 0) is 18.6 Å². The van der Waals surface area contributed by atoms with Crippen molar-refractivity contribution in [3.05, 3.63) is 34.9 Å². The largest absolute Gasteiger partial charge is 0.269 e. The molecule has 0 bridgehead atoms. The van der Waals surface area contributed by atoms with E-state index in [1.54, 1.807) is 0 Å². The smallest absolute Gasteiger partial charge is 0.267 e. The molecule has 3 heteroatoms. The first kappa shape index (κ1) is 8.45. The molecule has 0 aromatic heterocycles. The molecule has 2 aliphatic rings. The fourth-order valence-electron chi connectivity index (χ4n) is 1.43. The van der Waals surface area contributed by atoms with Crippen LogP contribution >= 0.6 is 11.6 Å². The minimum Gasteiger partial charge on any atom is -0.267 e. The first-order valence-electron chi connectivity index (χ1n) is 4.04. The number of fused-ring (bicyclic) bond motifs is 1. The highest BCUT2D eigenvalue weighted by molar-refractivity contribution is 6.35. The molecule has 66 valence electrons. The van der Waals surface area contributed by atoms with E-state index >= 15 is 0 Å². The van der Waals surface area contributed by atoms with Gasteiger partial charge in [0, 0.05) is 17.0 Å². The van der Waals surface area contributed by atoms with E-state index in [0.717, 1.165) is 11.3 Å². The van der Waals surface area contributed by atoms with Crippen molar-refractivity contribution in [2.75, 3.05) is 0 Å². The maximum absolute atomic E-state index is 11.0. The van der Waals surface area contributed by atoms with Crippen LogP contribution in [0.1, 0.15) is 6.92 Å². The van der Waals surface area contributed by atoms with Crippen molar-refractivity contribution in [1.29, 1.82) is 0 Å². The van der Waals surface area contributed by atoms with Gasteiger partial charge in [-0.1, -0.05) is 23.8 Å². The van der Waals surface area contributed by atoms with Gasteiger partial charge in [0.25, 0.3) is 5.91 Å². The van der Waals surface area contributed by atoms with Gasteiger partial charge >= 0.3 is 0 Å². The second kappa shape index (κ2) is 2.96. The van der Waals surface area contributed by atoms with Crippen molar-refractivity contribution in [1.82, 2.24) is 0 Å². The summed E-state index contributed by atoms with van der Waals surface area (Å²) in [4.78, 5) is 14.9. The predicted molar refractivity (Wildman–Crippen MR) is 52.8 cm³/mol. The van der Waals surface area contributed by atoms with Gasteiger partial charge in [-0.25, -0.2) is 4.99 Å². The molecular formula is C10H8ClNO. The van der Waals surface area contributed by atoms with Crippen LogP contribution < -0.4 is 0 Å². The Labute approximate surface area is 81.3 Å². The Balaban J connectivity index is 2.48. The van der Waals surface area contributed by atoms with Crippen LogP contribution in [0.5, 0.6) is 0 Å². The zero-order chi connectivity index (χ0) is 9.42. The summed E-state index contributed by atoms with van der Waals surface area (Å²) >= 11 is 5.91. The number of dihydropyridines is 1. The predicted octanol–water partition coefficient (Wildman–Crippen LogP) is 2.22. The topological polar surface area (TPSA) is 29.4 Å². The quantitative estimate of drug-likeness (QED) is 0.580. The molecule has 1 unspecified atom stereocenters. The summed E-state index contributed by atoms with van der Waals surface area (Å²) in [5.41, 5.74) is 1.67. The summed E-state index contributed by atoms with van der Waals surface area (Å²) in [6, 6.07) is 0. The number of rotatable bonds is 0. The number of amides is 1. The summed E-state index contributed by atoms with van der Waals surface area (Å²) in [7, 11) is 0. The van der Waals surface area contributed by atoms with Crippen LogP contribution in [0.25, 0.3) is 0 Å². The van der Waals surface area contributed by atoms with E-state index in [2.05, 4.69) is 4.99 Å². The summed E-state index contributed by atoms with van der Waals surface area (Å²) < 4.78 is 0. The van der Waals surface area contributed by atoms with Gasteiger partial charge in [0.15, 0.2) is 0 Å². The van der Waals surface area contributed by atoms with Crippen LogP contribution in [-0.4, -0.2) is 11.6 Å². The lowest BCUT2D eigenvalue weighted by Gasteiger charge is -2.19. The molecule has 0 N–H and O–H groups in total. The average molecular weight is 194 g/mol. The van der Waals surface area contributed by atoms with Gasteiger partial charge in [0.1, 0.15) is 0 Å². The number of carbonyl (C=O) groups excluding carboxylic acids is 1. The van der Waals surface area contributed by atoms with Crippen molar-refractivity contribution in [2.24, 2.45) is 10.9 Å². The van der Waals surface area contributed by atoms with Crippen molar-refractivity contribution in [3.8, 4) is 0 Å². The maximum Gasteiger partial charge on any atom is 0.269 e. The van der Waals surface area contributed by atoms with Gasteiger partial charge in [0.05, 0.1) is 5.71 Å². The number of hydrogen-bond donors (Lipinski definition) is 0. The van der Waals surface area contributed by atoms with E-state index in [1.807, 2.05) is 25.2 Å². The van der Waals surface area contributed by atoms with Crippen molar-refractivity contribution >= 4 is 23.2 Å².